The van der Waals surface area contributed by atoms with Gasteiger partial charge in [-0.1, -0.05) is 6.07 Å². The van der Waals surface area contributed by atoms with Crippen LogP contribution in [0.15, 0.2) is 12.1 Å². The molecular weight excluding hydrogens is 195 g/mol. The normalized spacial score (nSPS) is 11.8. The first-order valence-electron chi connectivity index (χ1n) is 3.96. The number of aryl methyl sites for hydroxylation is 1. The predicted molar refractivity (Wildman–Crippen MR) is 45.7 cm³/mol. The van der Waals surface area contributed by atoms with Crippen LogP contribution in [0.3, 0.4) is 0 Å². The highest BCUT2D eigenvalue weighted by atomic mass is 19.4. The van der Waals surface area contributed by atoms with Gasteiger partial charge < -0.3 is 10.8 Å². The van der Waals surface area contributed by atoms with Gasteiger partial charge in [0.2, 0.25) is 0 Å². The Hall–Kier alpha value is -1.23. The van der Waals surface area contributed by atoms with Crippen molar-refractivity contribution in [3.63, 3.8) is 0 Å². The van der Waals surface area contributed by atoms with Crippen molar-refractivity contribution in [1.82, 2.24) is 0 Å². The number of hydrogen-bond donors (Lipinski definition) is 2. The minimum Gasteiger partial charge on any atom is -0.507 e. The van der Waals surface area contributed by atoms with Gasteiger partial charge in [0, 0.05) is 12.1 Å². The van der Waals surface area contributed by atoms with Gasteiger partial charge in [0.15, 0.2) is 0 Å². The van der Waals surface area contributed by atoms with Gasteiger partial charge in [0.05, 0.1) is 5.56 Å². The van der Waals surface area contributed by atoms with Crippen LogP contribution in [0.25, 0.3) is 0 Å². The van der Waals surface area contributed by atoms with E-state index in [2.05, 4.69) is 0 Å². The van der Waals surface area contributed by atoms with E-state index in [1.54, 1.807) is 0 Å². The molecule has 78 valence electrons. The number of hydrogen-bond acceptors (Lipinski definition) is 2. The molecule has 0 atom stereocenters. The number of phenols is 1. The largest absolute Gasteiger partial charge is 0.507 e. The van der Waals surface area contributed by atoms with Crippen LogP contribution in [0, 0.1) is 6.92 Å². The number of aromatic hydroxyl groups is 1. The third kappa shape index (κ3) is 1.98. The van der Waals surface area contributed by atoms with Crippen molar-refractivity contribution in [2.45, 2.75) is 19.6 Å². The van der Waals surface area contributed by atoms with E-state index < -0.39 is 17.5 Å². The Morgan fingerprint density at radius 2 is 1.93 bits per heavy atom. The van der Waals surface area contributed by atoms with Crippen LogP contribution in [0.5, 0.6) is 5.75 Å². The number of alkyl halides is 3. The molecule has 0 unspecified atom stereocenters. The molecule has 0 aliphatic rings. The lowest BCUT2D eigenvalue weighted by molar-refractivity contribution is -0.138. The van der Waals surface area contributed by atoms with Crippen molar-refractivity contribution in [2.24, 2.45) is 5.73 Å². The van der Waals surface area contributed by atoms with Crippen LogP contribution in [-0.2, 0) is 12.7 Å². The van der Waals surface area contributed by atoms with Gasteiger partial charge in [-0.25, -0.2) is 0 Å². The van der Waals surface area contributed by atoms with Crippen molar-refractivity contribution >= 4 is 0 Å². The topological polar surface area (TPSA) is 46.2 Å². The Morgan fingerprint density at radius 1 is 1.36 bits per heavy atom. The van der Waals surface area contributed by atoms with E-state index in [-0.39, 0.29) is 12.1 Å². The van der Waals surface area contributed by atoms with E-state index in [0.717, 1.165) is 6.07 Å². The molecule has 0 heterocycles. The molecule has 2 nitrogen and oxygen atoms in total. The highest BCUT2D eigenvalue weighted by Crippen LogP contribution is 2.38. The van der Waals surface area contributed by atoms with Gasteiger partial charge in [0.25, 0.3) is 0 Å². The molecule has 0 spiro atoms. The van der Waals surface area contributed by atoms with Crippen molar-refractivity contribution in [3.05, 3.63) is 28.8 Å². The Bertz CT molecular complexity index is 347. The molecule has 0 saturated heterocycles. The summed E-state index contributed by atoms with van der Waals surface area (Å²) in [6.45, 7) is 1.41. The second-order valence-corrected chi connectivity index (χ2v) is 3.02. The summed E-state index contributed by atoms with van der Waals surface area (Å²) >= 11 is 0. The molecule has 1 aromatic rings. The molecule has 0 amide bonds. The van der Waals surface area contributed by atoms with Gasteiger partial charge in [-0.2, -0.15) is 13.2 Å². The molecule has 1 aromatic carbocycles. The summed E-state index contributed by atoms with van der Waals surface area (Å²) in [6, 6.07) is 2.33. The van der Waals surface area contributed by atoms with Crippen molar-refractivity contribution < 1.29 is 18.3 Å². The molecule has 0 bridgehead atoms. The van der Waals surface area contributed by atoms with Gasteiger partial charge in [-0.3, -0.25) is 0 Å². The lowest BCUT2D eigenvalue weighted by Gasteiger charge is -2.12. The van der Waals surface area contributed by atoms with Crippen molar-refractivity contribution in [2.75, 3.05) is 0 Å². The fraction of sp³-hybridized carbons (Fsp3) is 0.333. The van der Waals surface area contributed by atoms with Crippen LogP contribution in [0.1, 0.15) is 16.7 Å². The van der Waals surface area contributed by atoms with Gasteiger partial charge >= 0.3 is 6.18 Å². The molecule has 5 heteroatoms. The second-order valence-electron chi connectivity index (χ2n) is 3.02. The van der Waals surface area contributed by atoms with Gasteiger partial charge in [-0.05, 0) is 18.6 Å². The monoisotopic (exact) mass is 205 g/mol. The van der Waals surface area contributed by atoms with Crippen molar-refractivity contribution in [3.8, 4) is 5.75 Å². The molecule has 0 radical (unpaired) electrons. The molecular formula is C9H10F3NO. The molecule has 0 aliphatic carbocycles. The Kier molecular flexibility index (Phi) is 2.71. The summed E-state index contributed by atoms with van der Waals surface area (Å²) in [6.07, 6.45) is -4.54. The average Bonchev–Trinajstić information content (AvgIpc) is 2.06. The fourth-order valence-electron chi connectivity index (χ4n) is 1.23. The van der Waals surface area contributed by atoms with E-state index in [0.29, 0.717) is 5.56 Å². The van der Waals surface area contributed by atoms with Crippen LogP contribution < -0.4 is 5.73 Å². The third-order valence-electron chi connectivity index (χ3n) is 1.86. The smallest absolute Gasteiger partial charge is 0.419 e. The SMILES string of the molecule is Cc1cc(CN)c(O)c(C(F)(F)F)c1. The maximum Gasteiger partial charge on any atom is 0.419 e. The first-order chi connectivity index (χ1) is 6.36. The van der Waals surface area contributed by atoms with Crippen LogP contribution >= 0.6 is 0 Å². The Labute approximate surface area is 79.2 Å². The Balaban J connectivity index is 3.37. The van der Waals surface area contributed by atoms with Crippen LogP contribution in [0.2, 0.25) is 0 Å². The minimum atomic E-state index is -4.54. The van der Waals surface area contributed by atoms with E-state index in [1.165, 1.54) is 13.0 Å². The first kappa shape index (κ1) is 10.8. The first-order valence-corrected chi connectivity index (χ1v) is 3.96. The number of nitrogens with two attached hydrogens (primary N) is 1. The lowest BCUT2D eigenvalue weighted by Crippen LogP contribution is -2.08. The maximum absolute atomic E-state index is 12.3. The van der Waals surface area contributed by atoms with E-state index >= 15 is 0 Å². The predicted octanol–water partition coefficient (Wildman–Crippen LogP) is 2.18. The Morgan fingerprint density at radius 3 is 2.36 bits per heavy atom. The molecule has 1 rings (SSSR count). The zero-order chi connectivity index (χ0) is 10.9. The standard InChI is InChI=1S/C9H10F3NO/c1-5-2-6(4-13)8(14)7(3-5)9(10,11)12/h2-3,14H,4,13H2,1H3. The fourth-order valence-corrected chi connectivity index (χ4v) is 1.23. The summed E-state index contributed by atoms with van der Waals surface area (Å²) in [5, 5.41) is 9.25. The molecule has 0 aromatic heterocycles. The van der Waals surface area contributed by atoms with Crippen LogP contribution in [0.4, 0.5) is 13.2 Å². The lowest BCUT2D eigenvalue weighted by atomic mass is 10.0. The molecule has 0 fully saturated rings. The highest BCUT2D eigenvalue weighted by Gasteiger charge is 2.34. The quantitative estimate of drug-likeness (QED) is 0.738. The molecule has 0 saturated carbocycles. The molecule has 0 aliphatic heterocycles. The minimum absolute atomic E-state index is 0.109. The number of benzene rings is 1. The average molecular weight is 205 g/mol. The van der Waals surface area contributed by atoms with E-state index in [9.17, 15) is 18.3 Å². The summed E-state index contributed by atoms with van der Waals surface area (Å²) < 4.78 is 37.0. The number of halogens is 3. The van der Waals surface area contributed by atoms with Gasteiger partial charge in [0.1, 0.15) is 5.75 Å². The van der Waals surface area contributed by atoms with Crippen molar-refractivity contribution in [1.29, 1.82) is 0 Å². The molecule has 14 heavy (non-hydrogen) atoms. The summed E-state index contributed by atoms with van der Waals surface area (Å²) in [5.41, 5.74) is 4.71. The van der Waals surface area contributed by atoms with E-state index in [1.807, 2.05) is 0 Å². The second kappa shape index (κ2) is 3.49. The van der Waals surface area contributed by atoms with E-state index in [4.69, 9.17) is 5.73 Å². The number of phenolic OH excluding ortho intramolecular Hbond substituents is 1. The highest BCUT2D eigenvalue weighted by molar-refractivity contribution is 5.44. The third-order valence-corrected chi connectivity index (χ3v) is 1.86. The maximum atomic E-state index is 12.3. The summed E-state index contributed by atoms with van der Waals surface area (Å²) in [4.78, 5) is 0. The molecule has 3 N–H and O–H groups in total. The summed E-state index contributed by atoms with van der Waals surface area (Å²) in [5.74, 6) is -0.773. The summed E-state index contributed by atoms with van der Waals surface area (Å²) in [7, 11) is 0. The zero-order valence-electron chi connectivity index (χ0n) is 7.52. The number of rotatable bonds is 1. The van der Waals surface area contributed by atoms with Gasteiger partial charge in [-0.15, -0.1) is 0 Å². The van der Waals surface area contributed by atoms with Crippen LogP contribution in [-0.4, -0.2) is 5.11 Å². The zero-order valence-corrected chi connectivity index (χ0v) is 7.52.